The van der Waals surface area contributed by atoms with Crippen LogP contribution in [0.15, 0.2) is 48.5 Å². The fraction of sp³-hybridized carbons (Fsp3) is 0.381. The van der Waals surface area contributed by atoms with E-state index in [1.165, 1.54) is 5.56 Å². The van der Waals surface area contributed by atoms with Crippen LogP contribution in [0.2, 0.25) is 0 Å². The van der Waals surface area contributed by atoms with E-state index in [0.717, 1.165) is 6.54 Å². The molecule has 0 saturated carbocycles. The molecule has 2 fully saturated rings. The molecule has 160 valence electrons. The first-order valence-electron chi connectivity index (χ1n) is 10.2. The third kappa shape index (κ3) is 3.48. The Hall–Kier alpha value is -3.21. The first-order chi connectivity index (χ1) is 15.3. The monoisotopic (exact) mass is 423 g/mol. The molecule has 2 aromatic carbocycles. The van der Waals surface area contributed by atoms with Gasteiger partial charge in [0.1, 0.15) is 24.0 Å². The van der Waals surface area contributed by atoms with Crippen LogP contribution in [-0.2, 0) is 16.0 Å². The second-order valence-electron chi connectivity index (χ2n) is 7.66. The van der Waals surface area contributed by atoms with Gasteiger partial charge in [-0.1, -0.05) is 35.4 Å². The largest absolute Gasteiger partial charge is 0.454 e. The Morgan fingerprint density at radius 1 is 1.00 bits per heavy atom. The Balaban J connectivity index is 1.14. The van der Waals surface area contributed by atoms with Crippen molar-refractivity contribution in [1.29, 1.82) is 0 Å². The number of aromatic nitrogens is 4. The molecule has 31 heavy (non-hydrogen) atoms. The van der Waals surface area contributed by atoms with Crippen molar-refractivity contribution in [3.05, 3.63) is 54.1 Å². The highest BCUT2D eigenvalue weighted by Gasteiger charge is 2.49. The van der Waals surface area contributed by atoms with Crippen molar-refractivity contribution >= 4 is 0 Å². The minimum Gasteiger partial charge on any atom is -0.454 e. The van der Waals surface area contributed by atoms with Gasteiger partial charge in [0.25, 0.3) is 0 Å². The average Bonchev–Trinajstić information content (AvgIpc) is 3.58. The van der Waals surface area contributed by atoms with E-state index in [1.54, 1.807) is 22.9 Å². The molecule has 0 bridgehead atoms. The van der Waals surface area contributed by atoms with Crippen LogP contribution >= 0.6 is 0 Å². The van der Waals surface area contributed by atoms with Crippen LogP contribution in [0.1, 0.15) is 11.6 Å². The highest BCUT2D eigenvalue weighted by molar-refractivity contribution is 5.47. The molecule has 0 aliphatic carbocycles. The number of benzene rings is 2. The molecule has 0 radical (unpaired) electrons. The van der Waals surface area contributed by atoms with Crippen LogP contribution in [0.5, 0.6) is 23.3 Å². The quantitative estimate of drug-likeness (QED) is 0.635. The van der Waals surface area contributed by atoms with Crippen molar-refractivity contribution in [1.82, 2.24) is 25.5 Å². The van der Waals surface area contributed by atoms with Crippen LogP contribution in [0.4, 0.5) is 0 Å². The van der Waals surface area contributed by atoms with Gasteiger partial charge in [0.15, 0.2) is 11.5 Å². The van der Waals surface area contributed by atoms with E-state index in [1.807, 2.05) is 18.2 Å². The number of ether oxygens (including phenoxy) is 5. The Morgan fingerprint density at radius 2 is 1.87 bits per heavy atom. The molecule has 3 aliphatic rings. The number of nitrogens with one attached hydrogen (secondary N) is 1. The van der Waals surface area contributed by atoms with Gasteiger partial charge in [-0.25, -0.2) is 0 Å². The molecule has 6 rings (SSSR count). The molecule has 0 spiro atoms. The zero-order valence-corrected chi connectivity index (χ0v) is 16.6. The predicted molar refractivity (Wildman–Crippen MR) is 106 cm³/mol. The normalized spacial score (nSPS) is 26.2. The molecule has 3 aliphatic heterocycles. The standard InChI is InChI=1S/C21H21N5O5/c1-2-4-13(5-3-1)9-22-15-10-27-20-16(11-28-19(15)20)26-21(23-24-25-26)31-14-6-7-17-18(8-14)30-12-29-17/h1-8,15-16,19-20,22H,9-12H2. The molecular weight excluding hydrogens is 402 g/mol. The van der Waals surface area contributed by atoms with E-state index in [9.17, 15) is 0 Å². The summed E-state index contributed by atoms with van der Waals surface area (Å²) >= 11 is 0. The van der Waals surface area contributed by atoms with Crippen LogP contribution in [0.25, 0.3) is 0 Å². The third-order valence-electron chi connectivity index (χ3n) is 5.77. The number of fused-ring (bicyclic) bond motifs is 2. The van der Waals surface area contributed by atoms with Gasteiger partial charge >= 0.3 is 6.01 Å². The lowest BCUT2D eigenvalue weighted by Crippen LogP contribution is -2.40. The minimum absolute atomic E-state index is 0.0729. The van der Waals surface area contributed by atoms with Gasteiger partial charge in [0.2, 0.25) is 6.79 Å². The van der Waals surface area contributed by atoms with Crippen molar-refractivity contribution in [3.8, 4) is 23.3 Å². The van der Waals surface area contributed by atoms with Crippen LogP contribution < -0.4 is 19.5 Å². The van der Waals surface area contributed by atoms with E-state index >= 15 is 0 Å². The van der Waals surface area contributed by atoms with Crippen molar-refractivity contribution in [3.63, 3.8) is 0 Å². The van der Waals surface area contributed by atoms with Crippen LogP contribution in [0, 0.1) is 0 Å². The summed E-state index contributed by atoms with van der Waals surface area (Å²) in [5.74, 6) is 1.88. The zero-order chi connectivity index (χ0) is 20.6. The predicted octanol–water partition coefficient (Wildman–Crippen LogP) is 1.69. The molecule has 4 atom stereocenters. The molecule has 1 aromatic heterocycles. The maximum Gasteiger partial charge on any atom is 0.341 e. The lowest BCUT2D eigenvalue weighted by atomic mass is 10.1. The second-order valence-corrected chi connectivity index (χ2v) is 7.66. The van der Waals surface area contributed by atoms with Gasteiger partial charge in [-0.05, 0) is 28.1 Å². The van der Waals surface area contributed by atoms with Crippen LogP contribution in [-0.4, -0.2) is 58.5 Å². The maximum atomic E-state index is 6.08. The maximum absolute atomic E-state index is 6.08. The highest BCUT2D eigenvalue weighted by atomic mass is 16.7. The van der Waals surface area contributed by atoms with E-state index < -0.39 is 0 Å². The highest BCUT2D eigenvalue weighted by Crippen LogP contribution is 2.38. The van der Waals surface area contributed by atoms with Gasteiger partial charge in [-0.3, -0.25) is 0 Å². The first kappa shape index (κ1) is 18.6. The lowest BCUT2D eigenvalue weighted by molar-refractivity contribution is 0.0611. The first-order valence-corrected chi connectivity index (χ1v) is 10.2. The van der Waals surface area contributed by atoms with E-state index in [2.05, 4.69) is 33.0 Å². The summed E-state index contributed by atoms with van der Waals surface area (Å²) in [6.07, 6.45) is -0.229. The molecule has 0 amide bonds. The number of rotatable bonds is 6. The summed E-state index contributed by atoms with van der Waals surface area (Å²) in [5, 5.41) is 15.5. The molecule has 1 N–H and O–H groups in total. The Bertz CT molecular complexity index is 1060. The van der Waals surface area contributed by atoms with Gasteiger partial charge in [0, 0.05) is 12.6 Å². The Labute approximate surface area is 178 Å². The minimum atomic E-state index is -0.174. The smallest absolute Gasteiger partial charge is 0.341 e. The SMILES string of the molecule is c1ccc(CNC2COC3C2OCC3n2nnnc2Oc2ccc3c(c2)OCO3)cc1. The summed E-state index contributed by atoms with van der Waals surface area (Å²) in [4.78, 5) is 0. The summed E-state index contributed by atoms with van der Waals surface area (Å²) in [6.45, 7) is 1.98. The molecule has 10 nitrogen and oxygen atoms in total. The second kappa shape index (κ2) is 7.80. The van der Waals surface area contributed by atoms with Gasteiger partial charge in [-0.2, -0.15) is 4.68 Å². The summed E-state index contributed by atoms with van der Waals surface area (Å²) < 4.78 is 30.5. The molecule has 4 unspecified atom stereocenters. The van der Waals surface area contributed by atoms with Crippen molar-refractivity contribution in [2.45, 2.75) is 30.8 Å². The molecule has 2 saturated heterocycles. The van der Waals surface area contributed by atoms with Gasteiger partial charge < -0.3 is 29.0 Å². The fourth-order valence-corrected chi connectivity index (χ4v) is 4.22. The average molecular weight is 423 g/mol. The number of nitrogens with zero attached hydrogens (tertiary/aromatic N) is 4. The lowest BCUT2D eigenvalue weighted by Gasteiger charge is -2.18. The van der Waals surface area contributed by atoms with Crippen LogP contribution in [0.3, 0.4) is 0 Å². The Morgan fingerprint density at radius 3 is 2.81 bits per heavy atom. The summed E-state index contributed by atoms with van der Waals surface area (Å²) in [5.41, 5.74) is 1.22. The Kier molecular flexibility index (Phi) is 4.67. The van der Waals surface area contributed by atoms with Crippen molar-refractivity contribution < 1.29 is 23.7 Å². The van der Waals surface area contributed by atoms with Gasteiger partial charge in [-0.15, -0.1) is 0 Å². The van der Waals surface area contributed by atoms with Crippen molar-refractivity contribution in [2.75, 3.05) is 20.0 Å². The summed E-state index contributed by atoms with van der Waals surface area (Å²) in [6, 6.07) is 15.8. The number of hydrogen-bond donors (Lipinski definition) is 1. The molecular formula is C21H21N5O5. The zero-order valence-electron chi connectivity index (χ0n) is 16.6. The van der Waals surface area contributed by atoms with E-state index in [-0.39, 0.29) is 37.1 Å². The third-order valence-corrected chi connectivity index (χ3v) is 5.77. The topological polar surface area (TPSA) is 102 Å². The molecule has 4 heterocycles. The molecule has 3 aromatic rings. The molecule has 10 heteroatoms. The van der Waals surface area contributed by atoms with Gasteiger partial charge in [0.05, 0.1) is 19.3 Å². The number of hydrogen-bond acceptors (Lipinski definition) is 9. The summed E-state index contributed by atoms with van der Waals surface area (Å²) in [7, 11) is 0. The fourth-order valence-electron chi connectivity index (χ4n) is 4.22. The van der Waals surface area contributed by atoms with E-state index in [4.69, 9.17) is 23.7 Å². The number of tetrazole rings is 1. The van der Waals surface area contributed by atoms with E-state index in [0.29, 0.717) is 30.5 Å². The van der Waals surface area contributed by atoms with Crippen molar-refractivity contribution in [2.24, 2.45) is 0 Å².